The predicted octanol–water partition coefficient (Wildman–Crippen LogP) is 2.00. The summed E-state index contributed by atoms with van der Waals surface area (Å²) < 4.78 is 0. The van der Waals surface area contributed by atoms with Crippen molar-refractivity contribution in [3.63, 3.8) is 0 Å². The van der Waals surface area contributed by atoms with E-state index in [1.165, 1.54) is 0 Å². The quantitative estimate of drug-likeness (QED) is 0.737. The average molecular weight is 228 g/mol. The minimum Gasteiger partial charge on any atom is -0.335 e. The standard InChI is InChI=1S/C10H14ClN3O/c1-10(2,3)14(4)9(15)7-5-6-8(11)13-12-7/h5-6H,1-4H3. The normalized spacial score (nSPS) is 11.3. The van der Waals surface area contributed by atoms with Crippen LogP contribution in [0.3, 0.4) is 0 Å². The molecule has 0 saturated carbocycles. The number of rotatable bonds is 1. The molecule has 1 amide bonds. The Morgan fingerprint density at radius 1 is 1.33 bits per heavy atom. The van der Waals surface area contributed by atoms with E-state index in [0.29, 0.717) is 5.69 Å². The van der Waals surface area contributed by atoms with Gasteiger partial charge in [-0.2, -0.15) is 0 Å². The van der Waals surface area contributed by atoms with Crippen molar-refractivity contribution in [3.05, 3.63) is 23.0 Å². The fourth-order valence-corrected chi connectivity index (χ4v) is 1.01. The van der Waals surface area contributed by atoms with Crippen LogP contribution in [0.25, 0.3) is 0 Å². The molecule has 0 aromatic carbocycles. The number of hydrogen-bond acceptors (Lipinski definition) is 3. The lowest BCUT2D eigenvalue weighted by Gasteiger charge is -2.31. The maximum Gasteiger partial charge on any atom is 0.274 e. The molecule has 0 spiro atoms. The number of carbonyl (C=O) groups excluding carboxylic acids is 1. The Balaban J connectivity index is 2.90. The zero-order valence-electron chi connectivity index (χ0n) is 9.28. The zero-order valence-corrected chi connectivity index (χ0v) is 10.0. The molecule has 0 radical (unpaired) electrons. The van der Waals surface area contributed by atoms with Crippen LogP contribution in [0.5, 0.6) is 0 Å². The second-order valence-corrected chi connectivity index (χ2v) is 4.66. The molecule has 0 saturated heterocycles. The number of amides is 1. The van der Waals surface area contributed by atoms with E-state index in [1.54, 1.807) is 24.1 Å². The number of carbonyl (C=O) groups is 1. The van der Waals surface area contributed by atoms with E-state index >= 15 is 0 Å². The molecule has 5 heteroatoms. The van der Waals surface area contributed by atoms with E-state index in [0.717, 1.165) is 0 Å². The number of aromatic nitrogens is 2. The molecule has 4 nitrogen and oxygen atoms in total. The first-order valence-corrected chi connectivity index (χ1v) is 4.97. The number of nitrogens with zero attached hydrogens (tertiary/aromatic N) is 3. The van der Waals surface area contributed by atoms with E-state index in [2.05, 4.69) is 10.2 Å². The van der Waals surface area contributed by atoms with Crippen LogP contribution in [0.15, 0.2) is 12.1 Å². The van der Waals surface area contributed by atoms with Crippen molar-refractivity contribution in [3.8, 4) is 0 Å². The predicted molar refractivity (Wildman–Crippen MR) is 58.9 cm³/mol. The van der Waals surface area contributed by atoms with Crippen molar-refractivity contribution < 1.29 is 4.79 Å². The van der Waals surface area contributed by atoms with E-state index < -0.39 is 0 Å². The first-order valence-electron chi connectivity index (χ1n) is 4.60. The molecular weight excluding hydrogens is 214 g/mol. The fraction of sp³-hybridized carbons (Fsp3) is 0.500. The Hall–Kier alpha value is -1.16. The van der Waals surface area contributed by atoms with Gasteiger partial charge in [0, 0.05) is 12.6 Å². The molecule has 1 rings (SSSR count). The van der Waals surface area contributed by atoms with Crippen LogP contribution in [0, 0.1) is 0 Å². The van der Waals surface area contributed by atoms with Crippen molar-refractivity contribution in [1.29, 1.82) is 0 Å². The van der Waals surface area contributed by atoms with Gasteiger partial charge in [-0.1, -0.05) is 11.6 Å². The Labute approximate surface area is 94.3 Å². The van der Waals surface area contributed by atoms with Gasteiger partial charge in [-0.05, 0) is 32.9 Å². The highest BCUT2D eigenvalue weighted by atomic mass is 35.5. The van der Waals surface area contributed by atoms with Gasteiger partial charge in [-0.15, -0.1) is 10.2 Å². The average Bonchev–Trinajstić information content (AvgIpc) is 2.15. The summed E-state index contributed by atoms with van der Waals surface area (Å²) in [5.74, 6) is -0.160. The van der Waals surface area contributed by atoms with E-state index in [-0.39, 0.29) is 16.6 Å². The van der Waals surface area contributed by atoms with Gasteiger partial charge < -0.3 is 4.90 Å². The molecule has 0 N–H and O–H groups in total. The first kappa shape index (κ1) is 11.9. The fourth-order valence-electron chi connectivity index (χ4n) is 0.907. The van der Waals surface area contributed by atoms with Crippen LogP contribution < -0.4 is 0 Å². The van der Waals surface area contributed by atoms with Crippen molar-refractivity contribution in [1.82, 2.24) is 15.1 Å². The summed E-state index contributed by atoms with van der Waals surface area (Å²) in [5, 5.41) is 7.65. The van der Waals surface area contributed by atoms with Gasteiger partial charge in [0.15, 0.2) is 10.8 Å². The topological polar surface area (TPSA) is 46.1 Å². The molecule has 15 heavy (non-hydrogen) atoms. The summed E-state index contributed by atoms with van der Waals surface area (Å²) in [6.45, 7) is 5.86. The Kier molecular flexibility index (Phi) is 3.29. The highest BCUT2D eigenvalue weighted by Crippen LogP contribution is 2.14. The van der Waals surface area contributed by atoms with Crippen LogP contribution in [-0.4, -0.2) is 33.6 Å². The molecule has 0 aliphatic heterocycles. The van der Waals surface area contributed by atoms with Gasteiger partial charge in [0.1, 0.15) is 0 Å². The smallest absolute Gasteiger partial charge is 0.274 e. The Bertz CT molecular complexity index is 356. The zero-order chi connectivity index (χ0) is 11.6. The van der Waals surface area contributed by atoms with E-state index in [9.17, 15) is 4.79 Å². The second-order valence-electron chi connectivity index (χ2n) is 4.28. The third-order valence-corrected chi connectivity index (χ3v) is 2.36. The number of halogens is 1. The molecule has 0 aliphatic rings. The summed E-state index contributed by atoms with van der Waals surface area (Å²) in [5.41, 5.74) is 0.0649. The van der Waals surface area contributed by atoms with Gasteiger partial charge in [0.25, 0.3) is 5.91 Å². The van der Waals surface area contributed by atoms with Crippen molar-refractivity contribution in [2.75, 3.05) is 7.05 Å². The minimum absolute atomic E-state index is 0.160. The highest BCUT2D eigenvalue weighted by Gasteiger charge is 2.24. The summed E-state index contributed by atoms with van der Waals surface area (Å²) in [6.07, 6.45) is 0. The van der Waals surface area contributed by atoms with Crippen LogP contribution in [0.1, 0.15) is 31.3 Å². The lowest BCUT2D eigenvalue weighted by molar-refractivity contribution is 0.0648. The first-order chi connectivity index (χ1) is 6.82. The molecule has 82 valence electrons. The molecule has 0 aliphatic carbocycles. The summed E-state index contributed by atoms with van der Waals surface area (Å²) in [4.78, 5) is 13.5. The van der Waals surface area contributed by atoms with Crippen LogP contribution in [0.2, 0.25) is 5.15 Å². The Morgan fingerprint density at radius 3 is 2.33 bits per heavy atom. The molecule has 0 atom stereocenters. The van der Waals surface area contributed by atoms with Crippen molar-refractivity contribution >= 4 is 17.5 Å². The molecule has 0 bridgehead atoms. The van der Waals surface area contributed by atoms with Crippen LogP contribution in [0.4, 0.5) is 0 Å². The molecule has 0 unspecified atom stereocenters. The number of hydrogen-bond donors (Lipinski definition) is 0. The van der Waals surface area contributed by atoms with Crippen molar-refractivity contribution in [2.24, 2.45) is 0 Å². The van der Waals surface area contributed by atoms with Gasteiger partial charge in [0.2, 0.25) is 0 Å². The third kappa shape index (κ3) is 2.89. The van der Waals surface area contributed by atoms with Crippen LogP contribution in [-0.2, 0) is 0 Å². The van der Waals surface area contributed by atoms with Gasteiger partial charge in [-0.25, -0.2) is 0 Å². The minimum atomic E-state index is -0.238. The largest absolute Gasteiger partial charge is 0.335 e. The lowest BCUT2D eigenvalue weighted by Crippen LogP contribution is -2.42. The Morgan fingerprint density at radius 2 is 1.93 bits per heavy atom. The highest BCUT2D eigenvalue weighted by molar-refractivity contribution is 6.29. The second kappa shape index (κ2) is 4.14. The molecule has 1 aromatic rings. The lowest BCUT2D eigenvalue weighted by atomic mass is 10.1. The molecule has 1 heterocycles. The van der Waals surface area contributed by atoms with Gasteiger partial charge in [-0.3, -0.25) is 4.79 Å². The molecule has 0 fully saturated rings. The summed E-state index contributed by atoms with van der Waals surface area (Å²) in [7, 11) is 1.73. The maximum atomic E-state index is 11.9. The SMILES string of the molecule is CN(C(=O)c1ccc(Cl)nn1)C(C)(C)C. The maximum absolute atomic E-state index is 11.9. The summed E-state index contributed by atoms with van der Waals surface area (Å²) >= 11 is 5.59. The monoisotopic (exact) mass is 227 g/mol. The van der Waals surface area contributed by atoms with Crippen LogP contribution >= 0.6 is 11.6 Å². The molecule has 1 aromatic heterocycles. The van der Waals surface area contributed by atoms with E-state index in [1.807, 2.05) is 20.8 Å². The van der Waals surface area contributed by atoms with Gasteiger partial charge >= 0.3 is 0 Å². The van der Waals surface area contributed by atoms with E-state index in [4.69, 9.17) is 11.6 Å². The van der Waals surface area contributed by atoms with Crippen molar-refractivity contribution in [2.45, 2.75) is 26.3 Å². The summed E-state index contributed by atoms with van der Waals surface area (Å²) in [6, 6.07) is 3.12. The van der Waals surface area contributed by atoms with Gasteiger partial charge in [0.05, 0.1) is 0 Å². The molecular formula is C10H14ClN3O. The third-order valence-electron chi connectivity index (χ3n) is 2.16.